The van der Waals surface area contributed by atoms with Crippen molar-refractivity contribution in [3.8, 4) is 6.07 Å². The van der Waals surface area contributed by atoms with Gasteiger partial charge in [0.25, 0.3) is 0 Å². The van der Waals surface area contributed by atoms with Crippen LogP contribution in [-0.2, 0) is 11.8 Å². The summed E-state index contributed by atoms with van der Waals surface area (Å²) in [5, 5.41) is 24.0. The first-order valence-electron chi connectivity index (χ1n) is 9.11. The van der Waals surface area contributed by atoms with Gasteiger partial charge in [0.15, 0.2) is 0 Å². The number of benzene rings is 2. The molecule has 3 aromatic rings. The van der Waals surface area contributed by atoms with Crippen LogP contribution in [0.1, 0.15) is 23.2 Å². The predicted octanol–water partition coefficient (Wildman–Crippen LogP) is 2.95. The summed E-state index contributed by atoms with van der Waals surface area (Å²) < 4.78 is 1.69. The van der Waals surface area contributed by atoms with Gasteiger partial charge >= 0.3 is 7.05 Å². The maximum Gasteiger partial charge on any atom is 0.414 e. The molecule has 26 heavy (non-hydrogen) atoms. The number of aromatic nitrogens is 1. The molecule has 0 aliphatic carbocycles. The van der Waals surface area contributed by atoms with Crippen molar-refractivity contribution in [2.75, 3.05) is 13.1 Å². The first-order chi connectivity index (χ1) is 12.6. The second-order valence-corrected chi connectivity index (χ2v) is 7.29. The maximum absolute atomic E-state index is 10.1. The molecule has 2 N–H and O–H groups in total. The van der Waals surface area contributed by atoms with E-state index < -0.39 is 7.05 Å². The lowest BCUT2D eigenvalue weighted by molar-refractivity contribution is 0.468. The largest absolute Gasteiger partial charge is 0.432 e. The zero-order valence-corrected chi connectivity index (χ0v) is 14.9. The van der Waals surface area contributed by atoms with Crippen LogP contribution in [0, 0.1) is 11.3 Å². The average molecular weight is 343 g/mol. The van der Waals surface area contributed by atoms with Crippen LogP contribution < -0.4 is 5.32 Å². The van der Waals surface area contributed by atoms with Gasteiger partial charge in [-0.1, -0.05) is 36.4 Å². The number of hydrogen-bond acceptors (Lipinski definition) is 3. The second-order valence-electron chi connectivity index (χ2n) is 7.29. The van der Waals surface area contributed by atoms with E-state index in [1.807, 2.05) is 12.1 Å². The first-order valence-corrected chi connectivity index (χ1v) is 9.11. The van der Waals surface area contributed by atoms with Gasteiger partial charge in [0.2, 0.25) is 0 Å². The fourth-order valence-electron chi connectivity index (χ4n) is 4.28. The van der Waals surface area contributed by atoms with Crippen LogP contribution in [0.4, 0.5) is 0 Å². The first kappa shape index (κ1) is 16.9. The van der Waals surface area contributed by atoms with Gasteiger partial charge < -0.3 is 14.8 Å². The van der Waals surface area contributed by atoms with E-state index in [0.29, 0.717) is 5.69 Å². The normalized spacial score (nSPS) is 19.6. The topological polar surface area (TPSA) is 61.0 Å². The molecule has 1 atom stereocenters. The van der Waals surface area contributed by atoms with Crippen molar-refractivity contribution in [1.29, 1.82) is 5.26 Å². The SMILES string of the molecule is CB(O)n1c(C#N)cc2cc(C3(Cc4ccccc4)CCNC3)ccc21. The molecule has 2 heterocycles. The van der Waals surface area contributed by atoms with E-state index in [0.717, 1.165) is 36.8 Å². The van der Waals surface area contributed by atoms with Crippen molar-refractivity contribution in [2.24, 2.45) is 0 Å². The molecule has 1 aliphatic rings. The van der Waals surface area contributed by atoms with Gasteiger partial charge in [-0.15, -0.1) is 0 Å². The summed E-state index contributed by atoms with van der Waals surface area (Å²) in [6.07, 6.45) is 2.09. The van der Waals surface area contributed by atoms with Gasteiger partial charge in [0.1, 0.15) is 11.8 Å². The maximum atomic E-state index is 10.1. The van der Waals surface area contributed by atoms with Gasteiger partial charge in [-0.05, 0) is 55.5 Å². The minimum Gasteiger partial charge on any atom is -0.432 e. The average Bonchev–Trinajstić information content (AvgIpc) is 3.26. The second kappa shape index (κ2) is 6.64. The fraction of sp³-hybridized carbons (Fsp3) is 0.286. The van der Waals surface area contributed by atoms with Gasteiger partial charge in [0, 0.05) is 22.9 Å². The molecular formula is C21H22BN3O. The Kier molecular flexibility index (Phi) is 4.32. The van der Waals surface area contributed by atoms with Crippen LogP contribution in [-0.4, -0.2) is 29.6 Å². The Balaban J connectivity index is 1.80. The summed E-state index contributed by atoms with van der Waals surface area (Å²) >= 11 is 0. The summed E-state index contributed by atoms with van der Waals surface area (Å²) in [4.78, 5) is 0. The number of nitriles is 1. The third kappa shape index (κ3) is 2.82. The van der Waals surface area contributed by atoms with Gasteiger partial charge in [-0.2, -0.15) is 5.26 Å². The molecule has 0 bridgehead atoms. The van der Waals surface area contributed by atoms with E-state index in [-0.39, 0.29) is 5.41 Å². The van der Waals surface area contributed by atoms with Gasteiger partial charge in [0.05, 0.1) is 0 Å². The van der Waals surface area contributed by atoms with E-state index in [9.17, 15) is 10.3 Å². The quantitative estimate of drug-likeness (QED) is 0.716. The van der Waals surface area contributed by atoms with E-state index >= 15 is 0 Å². The fourth-order valence-corrected chi connectivity index (χ4v) is 4.28. The Bertz CT molecular complexity index is 966. The predicted molar refractivity (Wildman–Crippen MR) is 105 cm³/mol. The molecule has 5 heteroatoms. The lowest BCUT2D eigenvalue weighted by Gasteiger charge is -2.29. The molecule has 1 aromatic heterocycles. The van der Waals surface area contributed by atoms with Crippen molar-refractivity contribution in [3.05, 3.63) is 71.4 Å². The van der Waals surface area contributed by atoms with Crippen molar-refractivity contribution >= 4 is 18.0 Å². The Hall–Kier alpha value is -2.55. The molecule has 4 rings (SSSR count). The molecule has 2 aromatic carbocycles. The highest BCUT2D eigenvalue weighted by Gasteiger charge is 2.36. The van der Waals surface area contributed by atoms with Crippen molar-refractivity contribution < 1.29 is 5.02 Å². The van der Waals surface area contributed by atoms with Crippen LogP contribution >= 0.6 is 0 Å². The van der Waals surface area contributed by atoms with Crippen molar-refractivity contribution in [2.45, 2.75) is 25.1 Å². The van der Waals surface area contributed by atoms with Crippen LogP contribution in [0.25, 0.3) is 10.9 Å². The van der Waals surface area contributed by atoms with Gasteiger partial charge in [-0.3, -0.25) is 0 Å². The Morgan fingerprint density at radius 1 is 1.23 bits per heavy atom. The van der Waals surface area contributed by atoms with E-state index in [4.69, 9.17) is 0 Å². The third-order valence-corrected chi connectivity index (χ3v) is 5.57. The molecule has 0 amide bonds. The Morgan fingerprint density at radius 3 is 2.69 bits per heavy atom. The third-order valence-electron chi connectivity index (χ3n) is 5.57. The summed E-state index contributed by atoms with van der Waals surface area (Å²) in [6, 6.07) is 21.1. The monoisotopic (exact) mass is 343 g/mol. The zero-order chi connectivity index (χ0) is 18.1. The lowest BCUT2D eigenvalue weighted by atomic mass is 9.74. The summed E-state index contributed by atoms with van der Waals surface area (Å²) in [6.45, 7) is 3.66. The van der Waals surface area contributed by atoms with Crippen LogP contribution in [0.15, 0.2) is 54.6 Å². The van der Waals surface area contributed by atoms with E-state index in [1.165, 1.54) is 11.1 Å². The number of fused-ring (bicyclic) bond motifs is 1. The molecule has 4 nitrogen and oxygen atoms in total. The number of nitrogens with one attached hydrogen (secondary N) is 1. The number of hydrogen-bond donors (Lipinski definition) is 2. The summed E-state index contributed by atoms with van der Waals surface area (Å²) in [7, 11) is -0.723. The molecule has 130 valence electrons. The number of rotatable bonds is 4. The highest BCUT2D eigenvalue weighted by molar-refractivity contribution is 6.48. The van der Waals surface area contributed by atoms with Crippen LogP contribution in [0.3, 0.4) is 0 Å². The molecule has 1 unspecified atom stereocenters. The van der Waals surface area contributed by atoms with Gasteiger partial charge in [-0.25, -0.2) is 0 Å². The highest BCUT2D eigenvalue weighted by atomic mass is 16.2. The number of nitrogens with zero attached hydrogens (tertiary/aromatic N) is 2. The molecule has 0 saturated carbocycles. The van der Waals surface area contributed by atoms with Crippen LogP contribution in [0.5, 0.6) is 0 Å². The Morgan fingerprint density at radius 2 is 2.04 bits per heavy atom. The lowest BCUT2D eigenvalue weighted by Crippen LogP contribution is -2.31. The summed E-state index contributed by atoms with van der Waals surface area (Å²) in [5.41, 5.74) is 4.10. The molecule has 0 spiro atoms. The van der Waals surface area contributed by atoms with Crippen molar-refractivity contribution in [3.63, 3.8) is 0 Å². The standard InChI is InChI=1S/C21H22BN3O/c1-22(26)25-19(14-23)12-17-11-18(7-8-20(17)25)21(9-10-24-15-21)13-16-5-3-2-4-6-16/h2-8,11-12,24,26H,9-10,13,15H2,1H3. The van der Waals surface area contributed by atoms with E-state index in [1.54, 1.807) is 11.3 Å². The minimum atomic E-state index is -0.723. The van der Waals surface area contributed by atoms with Crippen LogP contribution in [0.2, 0.25) is 6.82 Å². The molecule has 1 saturated heterocycles. The molecule has 1 fully saturated rings. The van der Waals surface area contributed by atoms with Crippen molar-refractivity contribution in [1.82, 2.24) is 9.79 Å². The molecular weight excluding hydrogens is 321 g/mol. The molecule has 1 aliphatic heterocycles. The Labute approximate surface area is 154 Å². The minimum absolute atomic E-state index is 0.0648. The smallest absolute Gasteiger partial charge is 0.414 e. The summed E-state index contributed by atoms with van der Waals surface area (Å²) in [5.74, 6) is 0. The molecule has 0 radical (unpaired) electrons. The van der Waals surface area contributed by atoms with E-state index in [2.05, 4.69) is 53.9 Å². The zero-order valence-electron chi connectivity index (χ0n) is 14.9. The highest BCUT2D eigenvalue weighted by Crippen LogP contribution is 2.36.